The normalized spacial score (nSPS) is 11.8. The molecule has 0 aliphatic heterocycles. The van der Waals surface area contributed by atoms with Crippen LogP contribution in [0.25, 0.3) is 5.69 Å². The van der Waals surface area contributed by atoms with Gasteiger partial charge >= 0.3 is 5.69 Å². The van der Waals surface area contributed by atoms with E-state index in [1.165, 1.54) is 0 Å². The van der Waals surface area contributed by atoms with Gasteiger partial charge in [-0.2, -0.15) is 0 Å². The molecule has 4 heteroatoms. The number of benzene rings is 1. The fourth-order valence-corrected chi connectivity index (χ4v) is 2.17. The van der Waals surface area contributed by atoms with Gasteiger partial charge in [0.2, 0.25) is 0 Å². The molecule has 0 aliphatic rings. The predicted octanol–water partition coefficient (Wildman–Crippen LogP) is 1.75. The minimum Gasteiger partial charge on any atom is -0.395 e. The number of aliphatic hydroxyl groups excluding tert-OH is 1. The summed E-state index contributed by atoms with van der Waals surface area (Å²) in [6.45, 7) is 5.98. The molecule has 19 heavy (non-hydrogen) atoms. The summed E-state index contributed by atoms with van der Waals surface area (Å²) < 4.78 is 3.25. The summed E-state index contributed by atoms with van der Waals surface area (Å²) in [6, 6.07) is 7.76. The molecular formula is C15H20N2O2. The summed E-state index contributed by atoms with van der Waals surface area (Å²) in [4.78, 5) is 12.0. The fraction of sp³-hybridized carbons (Fsp3) is 0.400. The molecule has 0 fully saturated rings. The molecule has 0 aliphatic carbocycles. The maximum Gasteiger partial charge on any atom is 0.332 e. The average molecular weight is 260 g/mol. The van der Waals surface area contributed by atoms with Gasteiger partial charge < -0.3 is 9.67 Å². The van der Waals surface area contributed by atoms with Crippen LogP contribution in [0.3, 0.4) is 0 Å². The maximum absolute atomic E-state index is 12.0. The van der Waals surface area contributed by atoms with Gasteiger partial charge in [0.15, 0.2) is 0 Å². The molecule has 102 valence electrons. The first kappa shape index (κ1) is 13.6. The van der Waals surface area contributed by atoms with Gasteiger partial charge in [-0.1, -0.05) is 26.0 Å². The highest BCUT2D eigenvalue weighted by Gasteiger charge is 2.19. The van der Waals surface area contributed by atoms with E-state index in [1.807, 2.05) is 51.2 Å². The van der Waals surface area contributed by atoms with E-state index in [4.69, 9.17) is 0 Å². The van der Waals surface area contributed by atoms with Crippen molar-refractivity contribution in [1.29, 1.82) is 0 Å². The highest BCUT2D eigenvalue weighted by atomic mass is 16.3. The van der Waals surface area contributed by atoms with Crippen molar-refractivity contribution in [3.05, 3.63) is 52.2 Å². The van der Waals surface area contributed by atoms with Crippen LogP contribution in [-0.4, -0.2) is 20.8 Å². The zero-order chi connectivity index (χ0) is 14.2. The molecule has 0 saturated carbocycles. The van der Waals surface area contributed by atoms with Crippen LogP contribution in [0.2, 0.25) is 0 Å². The molecule has 0 atom stereocenters. The Bertz CT molecular complexity index is 633. The van der Waals surface area contributed by atoms with Gasteiger partial charge in [0.25, 0.3) is 0 Å². The van der Waals surface area contributed by atoms with E-state index >= 15 is 0 Å². The van der Waals surface area contributed by atoms with Crippen LogP contribution < -0.4 is 5.69 Å². The predicted molar refractivity (Wildman–Crippen MR) is 75.9 cm³/mol. The summed E-state index contributed by atoms with van der Waals surface area (Å²) in [6.07, 6.45) is 1.81. The largest absolute Gasteiger partial charge is 0.395 e. The third-order valence-electron chi connectivity index (χ3n) is 3.53. The Morgan fingerprint density at radius 1 is 1.21 bits per heavy atom. The number of rotatable bonds is 3. The zero-order valence-corrected chi connectivity index (χ0v) is 11.8. The number of hydrogen-bond donors (Lipinski definition) is 1. The van der Waals surface area contributed by atoms with Crippen LogP contribution in [0.1, 0.15) is 25.1 Å². The summed E-state index contributed by atoms with van der Waals surface area (Å²) in [5.41, 5.74) is 2.49. The van der Waals surface area contributed by atoms with E-state index < -0.39 is 0 Å². The molecule has 1 N–H and O–H groups in total. The van der Waals surface area contributed by atoms with Crippen molar-refractivity contribution in [3.63, 3.8) is 0 Å². The number of nitrogens with zero attached hydrogens (tertiary/aromatic N) is 2. The van der Waals surface area contributed by atoms with Crippen LogP contribution in [0.15, 0.2) is 35.3 Å². The second kappa shape index (κ2) is 4.70. The summed E-state index contributed by atoms with van der Waals surface area (Å²) in [5.74, 6) is 0. The fourth-order valence-electron chi connectivity index (χ4n) is 2.17. The van der Waals surface area contributed by atoms with E-state index in [0.29, 0.717) is 0 Å². The molecular weight excluding hydrogens is 240 g/mol. The van der Waals surface area contributed by atoms with Gasteiger partial charge in [-0.3, -0.25) is 4.57 Å². The third-order valence-corrected chi connectivity index (χ3v) is 3.53. The Morgan fingerprint density at radius 2 is 1.79 bits per heavy atom. The first-order valence-electron chi connectivity index (χ1n) is 6.33. The molecule has 0 radical (unpaired) electrons. The van der Waals surface area contributed by atoms with E-state index in [2.05, 4.69) is 0 Å². The SMILES string of the molecule is Cc1cn(C)c(=O)n1-c1ccc(C(C)(C)CO)cc1. The molecule has 4 nitrogen and oxygen atoms in total. The number of aryl methyl sites for hydroxylation is 2. The summed E-state index contributed by atoms with van der Waals surface area (Å²) in [5, 5.41) is 9.37. The number of imidazole rings is 1. The van der Waals surface area contributed by atoms with Gasteiger partial charge in [0, 0.05) is 24.4 Å². The summed E-state index contributed by atoms with van der Waals surface area (Å²) in [7, 11) is 1.75. The second-order valence-electron chi connectivity index (χ2n) is 5.59. The third kappa shape index (κ3) is 2.36. The lowest BCUT2D eigenvalue weighted by Crippen LogP contribution is -2.23. The lowest BCUT2D eigenvalue weighted by atomic mass is 9.85. The molecule has 0 saturated heterocycles. The van der Waals surface area contributed by atoms with Crippen LogP contribution in [0.5, 0.6) is 0 Å². The first-order valence-corrected chi connectivity index (χ1v) is 6.33. The van der Waals surface area contributed by atoms with Crippen molar-refractivity contribution in [2.75, 3.05) is 6.61 Å². The highest BCUT2D eigenvalue weighted by molar-refractivity contribution is 5.38. The second-order valence-corrected chi connectivity index (χ2v) is 5.59. The monoisotopic (exact) mass is 260 g/mol. The van der Waals surface area contributed by atoms with Gasteiger partial charge in [0.05, 0.1) is 12.3 Å². The molecule has 1 heterocycles. The van der Waals surface area contributed by atoms with E-state index in [9.17, 15) is 9.90 Å². The summed E-state index contributed by atoms with van der Waals surface area (Å²) >= 11 is 0. The molecule has 2 aromatic rings. The molecule has 0 spiro atoms. The lowest BCUT2D eigenvalue weighted by Gasteiger charge is -2.22. The minimum atomic E-state index is -0.269. The molecule has 0 bridgehead atoms. The van der Waals surface area contributed by atoms with Crippen LogP contribution in [0.4, 0.5) is 0 Å². The van der Waals surface area contributed by atoms with Gasteiger partial charge in [-0.15, -0.1) is 0 Å². The average Bonchev–Trinajstić information content (AvgIpc) is 2.63. The quantitative estimate of drug-likeness (QED) is 0.914. The Labute approximate surface area is 112 Å². The number of aliphatic hydroxyl groups is 1. The lowest BCUT2D eigenvalue weighted by molar-refractivity contribution is 0.218. The Kier molecular flexibility index (Phi) is 3.37. The Hall–Kier alpha value is -1.81. The van der Waals surface area contributed by atoms with E-state index in [-0.39, 0.29) is 17.7 Å². The minimum absolute atomic E-state index is 0.0494. The van der Waals surface area contributed by atoms with Gasteiger partial charge in [-0.25, -0.2) is 4.79 Å². The van der Waals surface area contributed by atoms with Gasteiger partial charge in [-0.05, 0) is 24.6 Å². The molecule has 1 aromatic carbocycles. The van der Waals surface area contributed by atoms with Crippen molar-refractivity contribution in [1.82, 2.24) is 9.13 Å². The van der Waals surface area contributed by atoms with Crippen LogP contribution in [-0.2, 0) is 12.5 Å². The van der Waals surface area contributed by atoms with Crippen molar-refractivity contribution >= 4 is 0 Å². The van der Waals surface area contributed by atoms with Crippen molar-refractivity contribution < 1.29 is 5.11 Å². The number of aromatic nitrogens is 2. The molecule has 0 unspecified atom stereocenters. The molecule has 2 rings (SSSR count). The smallest absolute Gasteiger partial charge is 0.332 e. The molecule has 0 amide bonds. The van der Waals surface area contributed by atoms with E-state index in [1.54, 1.807) is 16.2 Å². The first-order chi connectivity index (χ1) is 8.86. The van der Waals surface area contributed by atoms with Crippen molar-refractivity contribution in [3.8, 4) is 5.69 Å². The molecule has 1 aromatic heterocycles. The standard InChI is InChI=1S/C15H20N2O2/c1-11-9-16(4)14(19)17(11)13-7-5-12(6-8-13)15(2,3)10-18/h5-9,18H,10H2,1-4H3. The van der Waals surface area contributed by atoms with Crippen molar-refractivity contribution in [2.24, 2.45) is 7.05 Å². The highest BCUT2D eigenvalue weighted by Crippen LogP contribution is 2.23. The van der Waals surface area contributed by atoms with Crippen LogP contribution >= 0.6 is 0 Å². The Morgan fingerprint density at radius 3 is 2.21 bits per heavy atom. The van der Waals surface area contributed by atoms with E-state index in [0.717, 1.165) is 16.9 Å². The topological polar surface area (TPSA) is 47.2 Å². The van der Waals surface area contributed by atoms with Crippen molar-refractivity contribution in [2.45, 2.75) is 26.2 Å². The Balaban J connectivity index is 2.47. The van der Waals surface area contributed by atoms with Gasteiger partial charge in [0.1, 0.15) is 0 Å². The maximum atomic E-state index is 12.0. The number of hydrogen-bond acceptors (Lipinski definition) is 2. The van der Waals surface area contributed by atoms with Crippen LogP contribution in [0, 0.1) is 6.92 Å². The zero-order valence-electron chi connectivity index (χ0n) is 11.8.